The molecule has 8 heteroatoms. The predicted molar refractivity (Wildman–Crippen MR) is 96.6 cm³/mol. The second-order valence-electron chi connectivity index (χ2n) is 5.92. The van der Waals surface area contributed by atoms with E-state index in [1.54, 1.807) is 24.3 Å². The molecular weight excluding hydrogens is 350 g/mol. The second kappa shape index (κ2) is 9.36. The van der Waals surface area contributed by atoms with Gasteiger partial charge in [-0.1, -0.05) is 17.7 Å². The Morgan fingerprint density at radius 1 is 1.25 bits per heavy atom. The summed E-state index contributed by atoms with van der Waals surface area (Å²) in [4.78, 5) is 12.3. The number of carbonyl (C=O) groups excluding carboxylic acids is 1. The summed E-state index contributed by atoms with van der Waals surface area (Å²) in [6.45, 7) is 3.81. The molecule has 1 heterocycles. The van der Waals surface area contributed by atoms with E-state index >= 15 is 0 Å². The molecule has 0 radical (unpaired) electrons. The van der Waals surface area contributed by atoms with Gasteiger partial charge < -0.3 is 11.1 Å². The number of nitrogens with zero attached hydrogens (tertiary/aromatic N) is 1. The first-order valence-corrected chi connectivity index (χ1v) is 9.44. The first-order chi connectivity index (χ1) is 10.9. The zero-order valence-electron chi connectivity index (χ0n) is 13.9. The molecule has 2 rings (SSSR count). The molecule has 0 unspecified atom stereocenters. The van der Waals surface area contributed by atoms with Crippen LogP contribution in [0.2, 0.25) is 0 Å². The van der Waals surface area contributed by atoms with Crippen LogP contribution in [-0.4, -0.2) is 44.8 Å². The van der Waals surface area contributed by atoms with Crippen LogP contribution in [0.4, 0.5) is 0 Å². The summed E-state index contributed by atoms with van der Waals surface area (Å²) < 4.78 is 26.7. The average molecular weight is 376 g/mol. The van der Waals surface area contributed by atoms with Crippen molar-refractivity contribution in [3.63, 3.8) is 0 Å². The van der Waals surface area contributed by atoms with Crippen molar-refractivity contribution >= 4 is 28.3 Å². The summed E-state index contributed by atoms with van der Waals surface area (Å²) in [6, 6.07) is 6.86. The van der Waals surface area contributed by atoms with E-state index in [0.717, 1.165) is 12.0 Å². The normalized spacial score (nSPS) is 16.4. The van der Waals surface area contributed by atoms with E-state index in [4.69, 9.17) is 5.73 Å². The lowest BCUT2D eigenvalue weighted by molar-refractivity contribution is -0.126. The number of aryl methyl sites for hydroxylation is 1. The molecule has 1 fully saturated rings. The van der Waals surface area contributed by atoms with E-state index in [1.807, 2.05) is 6.92 Å². The molecule has 0 aliphatic carbocycles. The van der Waals surface area contributed by atoms with Crippen LogP contribution in [0.1, 0.15) is 24.8 Å². The first kappa shape index (κ1) is 20.9. The number of piperidine rings is 1. The Hall–Kier alpha value is -1.15. The molecule has 0 saturated carbocycles. The quantitative estimate of drug-likeness (QED) is 0.732. The molecule has 0 atom stereocenters. The molecule has 3 N–H and O–H groups in total. The third kappa shape index (κ3) is 5.17. The average Bonchev–Trinajstić information content (AvgIpc) is 2.55. The first-order valence-electron chi connectivity index (χ1n) is 7.99. The van der Waals surface area contributed by atoms with Gasteiger partial charge in [-0.2, -0.15) is 4.31 Å². The highest BCUT2D eigenvalue weighted by atomic mass is 35.5. The van der Waals surface area contributed by atoms with E-state index in [-0.39, 0.29) is 24.2 Å². The zero-order valence-corrected chi connectivity index (χ0v) is 15.5. The van der Waals surface area contributed by atoms with Gasteiger partial charge in [0.05, 0.1) is 4.90 Å². The number of sulfonamides is 1. The smallest absolute Gasteiger partial charge is 0.243 e. The van der Waals surface area contributed by atoms with Crippen LogP contribution in [0.25, 0.3) is 0 Å². The van der Waals surface area contributed by atoms with E-state index < -0.39 is 10.0 Å². The predicted octanol–water partition coefficient (Wildman–Crippen LogP) is 1.28. The van der Waals surface area contributed by atoms with Crippen LogP contribution in [0, 0.1) is 12.8 Å². The minimum absolute atomic E-state index is 0. The van der Waals surface area contributed by atoms with Crippen molar-refractivity contribution < 1.29 is 13.2 Å². The molecular formula is C16H26ClN3O3S. The number of hydrogen-bond acceptors (Lipinski definition) is 4. The van der Waals surface area contributed by atoms with E-state index in [9.17, 15) is 13.2 Å². The van der Waals surface area contributed by atoms with Crippen molar-refractivity contribution in [3.8, 4) is 0 Å². The lowest BCUT2D eigenvalue weighted by Crippen LogP contribution is -2.43. The summed E-state index contributed by atoms with van der Waals surface area (Å²) >= 11 is 0. The van der Waals surface area contributed by atoms with Gasteiger partial charge in [0.1, 0.15) is 0 Å². The number of hydrogen-bond donors (Lipinski definition) is 2. The highest BCUT2D eigenvalue weighted by molar-refractivity contribution is 7.89. The molecule has 1 aromatic carbocycles. The highest BCUT2D eigenvalue weighted by Crippen LogP contribution is 2.24. The summed E-state index contributed by atoms with van der Waals surface area (Å²) in [5.41, 5.74) is 6.42. The Morgan fingerprint density at radius 2 is 1.83 bits per heavy atom. The van der Waals surface area contributed by atoms with Crippen molar-refractivity contribution in [1.29, 1.82) is 0 Å². The largest absolute Gasteiger partial charge is 0.356 e. The van der Waals surface area contributed by atoms with Gasteiger partial charge in [-0.25, -0.2) is 8.42 Å². The van der Waals surface area contributed by atoms with Crippen LogP contribution in [0.3, 0.4) is 0 Å². The fourth-order valence-electron chi connectivity index (χ4n) is 2.68. The number of rotatable bonds is 6. The molecule has 1 saturated heterocycles. The van der Waals surface area contributed by atoms with Crippen LogP contribution in [0.15, 0.2) is 29.2 Å². The van der Waals surface area contributed by atoms with Crippen molar-refractivity contribution in [2.75, 3.05) is 26.2 Å². The molecule has 1 aromatic rings. The van der Waals surface area contributed by atoms with Crippen LogP contribution in [-0.2, 0) is 14.8 Å². The maximum Gasteiger partial charge on any atom is 0.243 e. The summed E-state index contributed by atoms with van der Waals surface area (Å²) in [6.07, 6.45) is 1.87. The third-order valence-corrected chi connectivity index (χ3v) is 6.08. The summed E-state index contributed by atoms with van der Waals surface area (Å²) in [7, 11) is -3.46. The maximum absolute atomic E-state index is 12.6. The summed E-state index contributed by atoms with van der Waals surface area (Å²) in [5.74, 6) is -0.108. The topological polar surface area (TPSA) is 92.5 Å². The molecule has 6 nitrogen and oxygen atoms in total. The lowest BCUT2D eigenvalue weighted by atomic mass is 9.97. The number of benzene rings is 1. The van der Waals surface area contributed by atoms with Gasteiger partial charge >= 0.3 is 0 Å². The number of amides is 1. The number of nitrogens with one attached hydrogen (secondary N) is 1. The maximum atomic E-state index is 12.6. The van der Waals surface area contributed by atoms with E-state index in [2.05, 4.69) is 5.32 Å². The van der Waals surface area contributed by atoms with E-state index in [0.29, 0.717) is 43.9 Å². The van der Waals surface area contributed by atoms with Gasteiger partial charge in [-0.15, -0.1) is 12.4 Å². The molecule has 24 heavy (non-hydrogen) atoms. The molecule has 1 amide bonds. The standard InChI is InChI=1S/C16H25N3O3S.ClH/c1-13-3-5-15(6-4-13)23(21,22)19-11-7-14(8-12-19)16(20)18-10-2-9-17;/h3-6,14H,2,7-12,17H2,1H3,(H,18,20);1H. The number of carbonyl (C=O) groups is 1. The Balaban J connectivity index is 0.00000288. The van der Waals surface area contributed by atoms with Gasteiger partial charge in [0.2, 0.25) is 15.9 Å². The molecule has 0 bridgehead atoms. The van der Waals surface area contributed by atoms with Crippen molar-refractivity contribution in [2.45, 2.75) is 31.1 Å². The van der Waals surface area contributed by atoms with Gasteiger partial charge in [0.25, 0.3) is 0 Å². The Kier molecular flexibility index (Phi) is 8.15. The third-order valence-electron chi connectivity index (χ3n) is 4.16. The van der Waals surface area contributed by atoms with Crippen LogP contribution in [0.5, 0.6) is 0 Å². The molecule has 1 aliphatic heterocycles. The van der Waals surface area contributed by atoms with Crippen molar-refractivity contribution in [3.05, 3.63) is 29.8 Å². The lowest BCUT2D eigenvalue weighted by Gasteiger charge is -2.30. The van der Waals surface area contributed by atoms with Gasteiger partial charge in [-0.3, -0.25) is 4.79 Å². The second-order valence-corrected chi connectivity index (χ2v) is 7.86. The minimum atomic E-state index is -3.46. The fraction of sp³-hybridized carbons (Fsp3) is 0.562. The van der Waals surface area contributed by atoms with Crippen molar-refractivity contribution in [1.82, 2.24) is 9.62 Å². The van der Waals surface area contributed by atoms with Crippen molar-refractivity contribution in [2.24, 2.45) is 11.7 Å². The molecule has 1 aliphatic rings. The van der Waals surface area contributed by atoms with Gasteiger partial charge in [-0.05, 0) is 44.9 Å². The van der Waals surface area contributed by atoms with E-state index in [1.165, 1.54) is 4.31 Å². The Morgan fingerprint density at radius 3 is 2.38 bits per heavy atom. The monoisotopic (exact) mass is 375 g/mol. The van der Waals surface area contributed by atoms with Gasteiger partial charge in [0.15, 0.2) is 0 Å². The van der Waals surface area contributed by atoms with Crippen LogP contribution >= 0.6 is 12.4 Å². The number of nitrogens with two attached hydrogens (primary N) is 1. The SMILES string of the molecule is Cc1ccc(S(=O)(=O)N2CCC(C(=O)NCCCN)CC2)cc1.Cl. The molecule has 136 valence electrons. The zero-order chi connectivity index (χ0) is 16.9. The Labute approximate surface area is 150 Å². The summed E-state index contributed by atoms with van der Waals surface area (Å²) in [5, 5.41) is 2.86. The molecule has 0 spiro atoms. The highest BCUT2D eigenvalue weighted by Gasteiger charge is 2.31. The molecule has 0 aromatic heterocycles. The fourth-order valence-corrected chi connectivity index (χ4v) is 4.15. The number of halogens is 1. The van der Waals surface area contributed by atoms with Crippen LogP contribution < -0.4 is 11.1 Å². The van der Waals surface area contributed by atoms with Gasteiger partial charge in [0, 0.05) is 25.6 Å². The Bertz CT molecular complexity index is 626. The minimum Gasteiger partial charge on any atom is -0.356 e.